The summed E-state index contributed by atoms with van der Waals surface area (Å²) >= 11 is 0. The van der Waals surface area contributed by atoms with Gasteiger partial charge in [-0.3, -0.25) is 0 Å². The first-order valence-corrected chi connectivity index (χ1v) is 9.56. The number of fused-ring (bicyclic) bond motifs is 1. The highest BCUT2D eigenvalue weighted by Crippen LogP contribution is 2.24. The van der Waals surface area contributed by atoms with Gasteiger partial charge in [0.2, 0.25) is 0 Å². The van der Waals surface area contributed by atoms with Crippen molar-refractivity contribution in [3.05, 3.63) is 84.1 Å². The maximum atomic E-state index is 12.6. The Hall–Kier alpha value is -4.13. The first kappa shape index (κ1) is 20.2. The second-order valence-corrected chi connectivity index (χ2v) is 7.32. The van der Waals surface area contributed by atoms with E-state index >= 15 is 0 Å². The molecule has 0 bridgehead atoms. The zero-order valence-electron chi connectivity index (χ0n) is 16.9. The van der Waals surface area contributed by atoms with Crippen LogP contribution < -0.4 is 10.1 Å². The average Bonchev–Trinajstić information content (AvgIpc) is 2.73. The molecule has 7 nitrogen and oxygen atoms in total. The molecule has 7 heteroatoms. The molecule has 1 N–H and O–H groups in total. The molecule has 1 aliphatic rings. The number of hydrogen-bond acceptors (Lipinski definition) is 7. The quantitative estimate of drug-likeness (QED) is 0.295. The van der Waals surface area contributed by atoms with Gasteiger partial charge in [0.1, 0.15) is 5.75 Å². The summed E-state index contributed by atoms with van der Waals surface area (Å²) in [5, 5.41) is 4.60. The molecule has 0 radical (unpaired) electrons. The van der Waals surface area contributed by atoms with Gasteiger partial charge in [-0.1, -0.05) is 36.4 Å². The Labute approximate surface area is 178 Å². The lowest BCUT2D eigenvalue weighted by Gasteiger charge is -2.29. The summed E-state index contributed by atoms with van der Waals surface area (Å²) in [5.41, 5.74) is 0.802. The smallest absolute Gasteiger partial charge is 0.350 e. The van der Waals surface area contributed by atoms with Crippen LogP contribution in [0.25, 0.3) is 10.8 Å². The van der Waals surface area contributed by atoms with E-state index in [4.69, 9.17) is 14.2 Å². The second-order valence-electron chi connectivity index (χ2n) is 7.32. The summed E-state index contributed by atoms with van der Waals surface area (Å²) in [5.74, 6) is -2.94. The highest BCUT2D eigenvalue weighted by Gasteiger charge is 2.38. The SMILES string of the molecule is CC1(C)OC(=O)C(=CNc2ccc(OC(=O)c3cccc4ccccc34)cc2)C(=O)O1. The normalized spacial score (nSPS) is 15.1. The molecule has 1 heterocycles. The van der Waals surface area contributed by atoms with Crippen molar-refractivity contribution in [2.45, 2.75) is 19.6 Å². The largest absolute Gasteiger partial charge is 0.423 e. The van der Waals surface area contributed by atoms with Crippen molar-refractivity contribution in [3.8, 4) is 5.75 Å². The summed E-state index contributed by atoms with van der Waals surface area (Å²) in [6, 6.07) is 19.5. The molecule has 1 fully saturated rings. The number of anilines is 1. The highest BCUT2D eigenvalue weighted by atomic mass is 16.7. The highest BCUT2D eigenvalue weighted by molar-refractivity contribution is 6.15. The molecule has 0 saturated carbocycles. The van der Waals surface area contributed by atoms with Crippen molar-refractivity contribution in [2.75, 3.05) is 5.32 Å². The molecule has 3 aromatic carbocycles. The van der Waals surface area contributed by atoms with E-state index in [1.165, 1.54) is 20.0 Å². The standard InChI is InChI=1S/C24H19NO6/c1-24(2)30-22(27)20(23(28)31-24)14-25-16-10-12-17(13-11-16)29-21(26)19-9-5-7-15-6-3-4-8-18(15)19/h3-14,25H,1-2H3. The number of esters is 3. The Kier molecular flexibility index (Phi) is 5.17. The minimum atomic E-state index is -1.29. The van der Waals surface area contributed by atoms with Gasteiger partial charge in [-0.25, -0.2) is 14.4 Å². The fourth-order valence-corrected chi connectivity index (χ4v) is 3.12. The van der Waals surface area contributed by atoms with Crippen LogP contribution >= 0.6 is 0 Å². The lowest BCUT2D eigenvalue weighted by atomic mass is 10.0. The van der Waals surface area contributed by atoms with Gasteiger partial charge in [0.05, 0.1) is 5.56 Å². The number of nitrogens with one attached hydrogen (secondary N) is 1. The molecule has 0 amide bonds. The molecule has 1 aliphatic heterocycles. The fraction of sp³-hybridized carbons (Fsp3) is 0.125. The van der Waals surface area contributed by atoms with E-state index in [9.17, 15) is 14.4 Å². The van der Waals surface area contributed by atoms with Crippen LogP contribution in [0, 0.1) is 0 Å². The summed E-state index contributed by atoms with van der Waals surface area (Å²) in [7, 11) is 0. The molecule has 0 atom stereocenters. The number of cyclic esters (lactones) is 2. The molecule has 1 saturated heterocycles. The lowest BCUT2D eigenvalue weighted by Crippen LogP contribution is -2.42. The Morgan fingerprint density at radius 1 is 0.903 bits per heavy atom. The third-order valence-electron chi connectivity index (χ3n) is 4.57. The van der Waals surface area contributed by atoms with Crippen LogP contribution in [-0.2, 0) is 19.1 Å². The van der Waals surface area contributed by atoms with Crippen molar-refractivity contribution >= 4 is 34.4 Å². The van der Waals surface area contributed by atoms with E-state index < -0.39 is 23.7 Å². The number of hydrogen-bond donors (Lipinski definition) is 1. The van der Waals surface area contributed by atoms with Crippen molar-refractivity contribution in [2.24, 2.45) is 0 Å². The number of rotatable bonds is 4. The van der Waals surface area contributed by atoms with Crippen LogP contribution in [0.5, 0.6) is 5.75 Å². The Morgan fingerprint density at radius 3 is 2.26 bits per heavy atom. The van der Waals surface area contributed by atoms with Crippen molar-refractivity contribution in [1.82, 2.24) is 0 Å². The molecule has 0 spiro atoms. The van der Waals surface area contributed by atoms with E-state index in [0.29, 0.717) is 17.0 Å². The Bertz CT molecular complexity index is 1180. The molecule has 0 aliphatic carbocycles. The molecule has 156 valence electrons. The molecule has 4 rings (SSSR count). The van der Waals surface area contributed by atoms with Gasteiger partial charge in [-0.15, -0.1) is 0 Å². The van der Waals surface area contributed by atoms with Crippen molar-refractivity contribution in [1.29, 1.82) is 0 Å². The van der Waals surface area contributed by atoms with Gasteiger partial charge in [0.25, 0.3) is 5.79 Å². The average molecular weight is 417 g/mol. The fourth-order valence-electron chi connectivity index (χ4n) is 3.12. The van der Waals surface area contributed by atoms with E-state index in [0.717, 1.165) is 10.8 Å². The maximum Gasteiger partial charge on any atom is 0.350 e. The third-order valence-corrected chi connectivity index (χ3v) is 4.57. The molecule has 0 unspecified atom stereocenters. The van der Waals surface area contributed by atoms with E-state index in [1.54, 1.807) is 30.3 Å². The van der Waals surface area contributed by atoms with Gasteiger partial charge in [-0.2, -0.15) is 0 Å². The maximum absolute atomic E-state index is 12.6. The van der Waals surface area contributed by atoms with E-state index in [1.807, 2.05) is 36.4 Å². The van der Waals surface area contributed by atoms with Crippen LogP contribution in [-0.4, -0.2) is 23.7 Å². The van der Waals surface area contributed by atoms with Gasteiger partial charge < -0.3 is 19.5 Å². The monoisotopic (exact) mass is 417 g/mol. The van der Waals surface area contributed by atoms with Crippen LogP contribution in [0.15, 0.2) is 78.5 Å². The topological polar surface area (TPSA) is 90.9 Å². The number of carbonyl (C=O) groups excluding carboxylic acids is 3. The first-order valence-electron chi connectivity index (χ1n) is 9.56. The lowest BCUT2D eigenvalue weighted by molar-refractivity contribution is -0.222. The zero-order chi connectivity index (χ0) is 22.0. The van der Waals surface area contributed by atoms with Crippen molar-refractivity contribution < 1.29 is 28.6 Å². The van der Waals surface area contributed by atoms with Crippen LogP contribution in [0.3, 0.4) is 0 Å². The third kappa shape index (κ3) is 4.40. The van der Waals surface area contributed by atoms with Gasteiger partial charge in [-0.05, 0) is 41.1 Å². The second kappa shape index (κ2) is 7.95. The molecular weight excluding hydrogens is 398 g/mol. The Morgan fingerprint density at radius 2 is 1.55 bits per heavy atom. The minimum absolute atomic E-state index is 0.245. The number of ether oxygens (including phenoxy) is 3. The summed E-state index contributed by atoms with van der Waals surface area (Å²) in [4.78, 5) is 36.5. The summed E-state index contributed by atoms with van der Waals surface area (Å²) < 4.78 is 15.6. The predicted octanol–water partition coefficient (Wildman–Crippen LogP) is 4.19. The van der Waals surface area contributed by atoms with Crippen LogP contribution in [0.2, 0.25) is 0 Å². The van der Waals surface area contributed by atoms with Crippen molar-refractivity contribution in [3.63, 3.8) is 0 Å². The molecule has 31 heavy (non-hydrogen) atoms. The van der Waals surface area contributed by atoms with Gasteiger partial charge >= 0.3 is 17.9 Å². The van der Waals surface area contributed by atoms with E-state index in [2.05, 4.69) is 5.32 Å². The van der Waals surface area contributed by atoms with Gasteiger partial charge in [0, 0.05) is 25.7 Å². The van der Waals surface area contributed by atoms with Crippen LogP contribution in [0.1, 0.15) is 24.2 Å². The molecular formula is C24H19NO6. The summed E-state index contributed by atoms with van der Waals surface area (Å²) in [6.45, 7) is 2.95. The summed E-state index contributed by atoms with van der Waals surface area (Å²) in [6.07, 6.45) is 1.22. The molecule has 0 aromatic heterocycles. The number of benzene rings is 3. The van der Waals surface area contributed by atoms with E-state index in [-0.39, 0.29) is 5.57 Å². The van der Waals surface area contributed by atoms with Gasteiger partial charge in [0.15, 0.2) is 5.57 Å². The first-order chi connectivity index (χ1) is 14.8. The Balaban J connectivity index is 1.44. The minimum Gasteiger partial charge on any atom is -0.423 e. The van der Waals surface area contributed by atoms with Crippen LogP contribution in [0.4, 0.5) is 5.69 Å². The predicted molar refractivity (Wildman–Crippen MR) is 113 cm³/mol. The molecule has 3 aromatic rings. The zero-order valence-corrected chi connectivity index (χ0v) is 16.9. The number of carbonyl (C=O) groups is 3.